The molecule has 1 atom stereocenters. The predicted molar refractivity (Wildman–Crippen MR) is 84.0 cm³/mol. The normalized spacial score (nSPS) is 18.0. The molecule has 1 unspecified atom stereocenters. The van der Waals surface area contributed by atoms with Crippen molar-refractivity contribution in [2.45, 2.75) is 65.7 Å². The lowest BCUT2D eigenvalue weighted by molar-refractivity contribution is -0.123. The summed E-state index contributed by atoms with van der Waals surface area (Å²) in [5.41, 5.74) is -1.39. The molecule has 0 spiro atoms. The third-order valence-electron chi connectivity index (χ3n) is 2.21. The fourth-order valence-corrected chi connectivity index (χ4v) is 1.33. The van der Waals surface area contributed by atoms with Gasteiger partial charge in [-0.1, -0.05) is 0 Å². The molecule has 1 fully saturated rings. The highest BCUT2D eigenvalue weighted by molar-refractivity contribution is 5.81. The first-order valence-electron chi connectivity index (χ1n) is 7.45. The van der Waals surface area contributed by atoms with Gasteiger partial charge in [0.25, 0.3) is 0 Å². The average molecular weight is 332 g/mol. The number of nitrogens with one attached hydrogen (secondary N) is 2. The molecule has 1 amide bonds. The molecule has 1 aliphatic rings. The van der Waals surface area contributed by atoms with E-state index >= 15 is 0 Å². The Kier molecular flexibility index (Phi) is 8.02. The third-order valence-corrected chi connectivity index (χ3v) is 2.21. The van der Waals surface area contributed by atoms with Crippen LogP contribution in [0.3, 0.4) is 0 Å². The summed E-state index contributed by atoms with van der Waals surface area (Å²) >= 11 is 0. The first-order chi connectivity index (χ1) is 10.3. The monoisotopic (exact) mass is 332 g/mol. The molecule has 0 aromatic rings. The van der Waals surface area contributed by atoms with E-state index in [1.807, 2.05) is 6.92 Å². The van der Waals surface area contributed by atoms with Crippen LogP contribution in [0, 0.1) is 0 Å². The van der Waals surface area contributed by atoms with Gasteiger partial charge in [0, 0.05) is 13.1 Å². The van der Waals surface area contributed by atoms with Crippen LogP contribution in [0.5, 0.6) is 0 Å². The minimum absolute atomic E-state index is 0.00347. The number of piperazine rings is 1. The highest BCUT2D eigenvalue weighted by Gasteiger charge is 2.24. The van der Waals surface area contributed by atoms with E-state index in [-0.39, 0.29) is 11.9 Å². The van der Waals surface area contributed by atoms with Gasteiger partial charge in [-0.05, 0) is 48.5 Å². The van der Waals surface area contributed by atoms with Crippen molar-refractivity contribution in [2.24, 2.45) is 0 Å². The van der Waals surface area contributed by atoms with Crippen molar-refractivity contribution in [2.75, 3.05) is 13.1 Å². The van der Waals surface area contributed by atoms with Gasteiger partial charge in [0.05, 0.1) is 6.04 Å². The van der Waals surface area contributed by atoms with Crippen LogP contribution in [0.25, 0.3) is 0 Å². The summed E-state index contributed by atoms with van der Waals surface area (Å²) in [6.07, 6.45) is -2.12. The lowest BCUT2D eigenvalue weighted by atomic mass is 10.2. The van der Waals surface area contributed by atoms with E-state index < -0.39 is 23.5 Å². The van der Waals surface area contributed by atoms with Gasteiger partial charge in [0.15, 0.2) is 0 Å². The Bertz CT molecular complexity index is 397. The first-order valence-corrected chi connectivity index (χ1v) is 7.45. The summed E-state index contributed by atoms with van der Waals surface area (Å²) in [6, 6.07) is 0.00347. The molecule has 0 bridgehead atoms. The van der Waals surface area contributed by atoms with Crippen molar-refractivity contribution in [1.29, 1.82) is 0 Å². The lowest BCUT2D eigenvalue weighted by Crippen LogP contribution is -2.51. The van der Waals surface area contributed by atoms with E-state index in [2.05, 4.69) is 15.4 Å². The van der Waals surface area contributed by atoms with Crippen molar-refractivity contribution in [3.8, 4) is 0 Å². The number of hydrogen-bond acceptors (Lipinski definition) is 7. The van der Waals surface area contributed by atoms with Crippen LogP contribution in [0.2, 0.25) is 0 Å². The zero-order valence-electron chi connectivity index (χ0n) is 14.9. The molecule has 2 N–H and O–H groups in total. The predicted octanol–water partition coefficient (Wildman–Crippen LogP) is 1.97. The number of rotatable bonds is 0. The van der Waals surface area contributed by atoms with Crippen LogP contribution in [0.1, 0.15) is 48.5 Å². The fraction of sp³-hybridized carbons (Fsp3) is 0.800. The van der Waals surface area contributed by atoms with Gasteiger partial charge < -0.3 is 24.8 Å². The molecule has 8 heteroatoms. The highest BCUT2D eigenvalue weighted by Crippen LogP contribution is 2.11. The van der Waals surface area contributed by atoms with Crippen molar-refractivity contribution < 1.29 is 28.6 Å². The summed E-state index contributed by atoms with van der Waals surface area (Å²) < 4.78 is 13.8. The molecule has 23 heavy (non-hydrogen) atoms. The topological polar surface area (TPSA) is 103 Å². The highest BCUT2D eigenvalue weighted by atomic mass is 16.8. The molecule has 134 valence electrons. The van der Waals surface area contributed by atoms with Crippen LogP contribution in [-0.2, 0) is 19.0 Å². The Hall–Kier alpha value is -1.83. The van der Waals surface area contributed by atoms with Crippen molar-refractivity contribution in [1.82, 2.24) is 10.6 Å². The zero-order chi connectivity index (χ0) is 18.3. The van der Waals surface area contributed by atoms with Crippen LogP contribution >= 0.6 is 0 Å². The second-order valence-corrected chi connectivity index (χ2v) is 7.00. The number of ether oxygens (including phenoxy) is 3. The smallest absolute Gasteiger partial charge is 0.428 e. The molecule has 8 nitrogen and oxygen atoms in total. The second-order valence-electron chi connectivity index (χ2n) is 7.00. The van der Waals surface area contributed by atoms with E-state index in [1.54, 1.807) is 41.5 Å². The molecule has 1 heterocycles. The number of carbonyl (C=O) groups excluding carboxylic acids is 3. The largest absolute Gasteiger partial charge is 0.519 e. The lowest BCUT2D eigenvalue weighted by Gasteiger charge is -2.20. The molecule has 1 rings (SSSR count). The van der Waals surface area contributed by atoms with E-state index in [1.165, 1.54) is 0 Å². The van der Waals surface area contributed by atoms with E-state index in [0.29, 0.717) is 0 Å². The van der Waals surface area contributed by atoms with Gasteiger partial charge in [0.1, 0.15) is 11.2 Å². The molecular formula is C15H28N2O6. The maximum Gasteiger partial charge on any atom is 0.519 e. The first kappa shape index (κ1) is 21.2. The molecule has 1 aliphatic heterocycles. The third kappa shape index (κ3) is 12.4. The van der Waals surface area contributed by atoms with E-state index in [4.69, 9.17) is 9.47 Å². The Labute approximate surface area is 137 Å². The summed E-state index contributed by atoms with van der Waals surface area (Å²) in [7, 11) is 0. The SMILES string of the molecule is CC(C)(C)OC(=O)OC(=O)OC(C)(C)C.CC1NCCNC1=O. The Morgan fingerprint density at radius 3 is 1.65 bits per heavy atom. The Balaban J connectivity index is 0.000000502. The van der Waals surface area contributed by atoms with Crippen molar-refractivity contribution in [3.63, 3.8) is 0 Å². The fourth-order valence-electron chi connectivity index (χ4n) is 1.33. The van der Waals surface area contributed by atoms with Crippen LogP contribution in [0.4, 0.5) is 9.59 Å². The maximum atomic E-state index is 11.0. The molecule has 0 aliphatic carbocycles. The molecule has 0 saturated carbocycles. The van der Waals surface area contributed by atoms with E-state index in [9.17, 15) is 14.4 Å². The summed E-state index contributed by atoms with van der Waals surface area (Å²) in [6.45, 7) is 13.5. The average Bonchev–Trinajstić information content (AvgIpc) is 2.28. The second kappa shape index (κ2) is 8.71. The zero-order valence-corrected chi connectivity index (χ0v) is 14.9. The number of amides is 1. The van der Waals surface area contributed by atoms with Gasteiger partial charge in [-0.3, -0.25) is 4.79 Å². The van der Waals surface area contributed by atoms with Crippen LogP contribution in [-0.4, -0.2) is 48.6 Å². The number of carbonyl (C=O) groups is 3. The minimum atomic E-state index is -1.06. The van der Waals surface area contributed by atoms with Gasteiger partial charge in [-0.25, -0.2) is 9.59 Å². The van der Waals surface area contributed by atoms with Gasteiger partial charge in [0.2, 0.25) is 5.91 Å². The molecule has 0 aromatic heterocycles. The quantitative estimate of drug-likeness (QED) is 0.516. The Morgan fingerprint density at radius 2 is 1.39 bits per heavy atom. The van der Waals surface area contributed by atoms with Gasteiger partial charge >= 0.3 is 12.3 Å². The summed E-state index contributed by atoms with van der Waals surface area (Å²) in [5, 5.41) is 5.75. The van der Waals surface area contributed by atoms with Crippen molar-refractivity contribution in [3.05, 3.63) is 0 Å². The van der Waals surface area contributed by atoms with Crippen molar-refractivity contribution >= 4 is 18.2 Å². The number of hydrogen-bond donors (Lipinski definition) is 2. The van der Waals surface area contributed by atoms with Crippen LogP contribution in [0.15, 0.2) is 0 Å². The summed E-state index contributed by atoms with van der Waals surface area (Å²) in [5.74, 6) is 0.108. The standard InChI is InChI=1S/C10H18O5.C5H10N2O/c1-9(2,3)14-7(11)13-8(12)15-10(4,5)6;1-4-5(8)7-3-2-6-4/h1-6H3;4,6H,2-3H2,1H3,(H,7,8). The molecule has 1 saturated heterocycles. The molecule has 0 radical (unpaired) electrons. The van der Waals surface area contributed by atoms with Crippen LogP contribution < -0.4 is 10.6 Å². The van der Waals surface area contributed by atoms with Gasteiger partial charge in [-0.15, -0.1) is 0 Å². The maximum absolute atomic E-state index is 11.0. The minimum Gasteiger partial charge on any atom is -0.428 e. The molecular weight excluding hydrogens is 304 g/mol. The Morgan fingerprint density at radius 1 is 0.957 bits per heavy atom. The van der Waals surface area contributed by atoms with Gasteiger partial charge in [-0.2, -0.15) is 0 Å². The van der Waals surface area contributed by atoms with E-state index in [0.717, 1.165) is 13.1 Å². The molecule has 0 aromatic carbocycles. The summed E-state index contributed by atoms with van der Waals surface area (Å²) in [4.78, 5) is 32.6.